The summed E-state index contributed by atoms with van der Waals surface area (Å²) in [6, 6.07) is 3.51. The summed E-state index contributed by atoms with van der Waals surface area (Å²) in [4.78, 5) is 13.8. The Morgan fingerprint density at radius 2 is 1.80 bits per heavy atom. The van der Waals surface area contributed by atoms with Crippen LogP contribution < -0.4 is 10.1 Å². The standard InChI is InChI=1S/C17H25F3N2O2.ClH/c1-11-6-14(9-22(5)16(23)13(3)8-21-4)7-12(2)15(11)24-10-17(18,19)20;/h6-7,13,21H,8-10H2,1-5H3;1H. The molecule has 0 fully saturated rings. The number of hydrogen-bond donors (Lipinski definition) is 1. The lowest BCUT2D eigenvalue weighted by Gasteiger charge is -2.22. The van der Waals surface area contributed by atoms with Crippen LogP contribution in [0.5, 0.6) is 5.75 Å². The Morgan fingerprint density at radius 1 is 1.28 bits per heavy atom. The topological polar surface area (TPSA) is 41.6 Å². The fourth-order valence-corrected chi connectivity index (χ4v) is 2.63. The number of carbonyl (C=O) groups excluding carboxylic acids is 1. The largest absolute Gasteiger partial charge is 0.484 e. The van der Waals surface area contributed by atoms with E-state index in [1.807, 2.05) is 6.92 Å². The van der Waals surface area contributed by atoms with Crippen molar-refractivity contribution in [2.24, 2.45) is 5.92 Å². The maximum atomic E-state index is 12.3. The average molecular weight is 383 g/mol. The second-order valence-electron chi connectivity index (χ2n) is 6.12. The molecule has 0 aliphatic carbocycles. The highest BCUT2D eigenvalue weighted by Gasteiger charge is 2.29. The van der Waals surface area contributed by atoms with Crippen molar-refractivity contribution in [3.63, 3.8) is 0 Å². The van der Waals surface area contributed by atoms with E-state index in [-0.39, 0.29) is 30.0 Å². The molecule has 1 aromatic carbocycles. The Hall–Kier alpha value is -1.47. The molecule has 1 aromatic rings. The first-order valence-electron chi connectivity index (χ1n) is 7.74. The van der Waals surface area contributed by atoms with Gasteiger partial charge >= 0.3 is 6.18 Å². The zero-order valence-corrected chi connectivity index (χ0v) is 16.0. The van der Waals surface area contributed by atoms with Crippen LogP contribution in [0, 0.1) is 19.8 Å². The van der Waals surface area contributed by atoms with Gasteiger partial charge in [0, 0.05) is 26.1 Å². The highest BCUT2D eigenvalue weighted by molar-refractivity contribution is 5.85. The van der Waals surface area contributed by atoms with E-state index in [0.717, 1.165) is 5.56 Å². The van der Waals surface area contributed by atoms with E-state index >= 15 is 0 Å². The first-order valence-corrected chi connectivity index (χ1v) is 7.74. The molecule has 0 saturated heterocycles. The lowest BCUT2D eigenvalue weighted by Crippen LogP contribution is -2.35. The van der Waals surface area contributed by atoms with Gasteiger partial charge in [0.2, 0.25) is 5.91 Å². The predicted molar refractivity (Wildman–Crippen MR) is 94.3 cm³/mol. The van der Waals surface area contributed by atoms with E-state index in [0.29, 0.717) is 24.2 Å². The lowest BCUT2D eigenvalue weighted by atomic mass is 10.0. The van der Waals surface area contributed by atoms with Crippen LogP contribution in [0.1, 0.15) is 23.6 Å². The third-order valence-electron chi connectivity index (χ3n) is 3.63. The van der Waals surface area contributed by atoms with E-state index in [1.165, 1.54) is 0 Å². The summed E-state index contributed by atoms with van der Waals surface area (Å²) in [7, 11) is 3.50. The van der Waals surface area contributed by atoms with Gasteiger partial charge in [-0.2, -0.15) is 13.2 Å². The van der Waals surface area contributed by atoms with Gasteiger partial charge in [0.15, 0.2) is 6.61 Å². The molecule has 1 amide bonds. The first-order chi connectivity index (χ1) is 11.0. The van der Waals surface area contributed by atoms with Crippen molar-refractivity contribution < 1.29 is 22.7 Å². The van der Waals surface area contributed by atoms with Crippen LogP contribution in [0.3, 0.4) is 0 Å². The average Bonchev–Trinajstić information content (AvgIpc) is 2.44. The number of nitrogens with one attached hydrogen (secondary N) is 1. The van der Waals surface area contributed by atoms with Crippen LogP contribution in [0.25, 0.3) is 0 Å². The number of halogens is 4. The zero-order chi connectivity index (χ0) is 18.5. The van der Waals surface area contributed by atoms with Crippen LogP contribution in [-0.4, -0.2) is 44.2 Å². The molecule has 0 heterocycles. The number of nitrogens with zero attached hydrogens (tertiary/aromatic N) is 1. The van der Waals surface area contributed by atoms with Gasteiger partial charge in [-0.3, -0.25) is 4.79 Å². The Labute approximate surface area is 153 Å². The molecule has 0 radical (unpaired) electrons. The summed E-state index contributed by atoms with van der Waals surface area (Å²) >= 11 is 0. The molecular formula is C17H26ClF3N2O2. The Balaban J connectivity index is 0.00000576. The van der Waals surface area contributed by atoms with Crippen LogP contribution in [0.15, 0.2) is 12.1 Å². The third kappa shape index (κ3) is 7.52. The first kappa shape index (κ1) is 23.5. The maximum Gasteiger partial charge on any atom is 0.422 e. The Bertz CT molecular complexity index is 556. The molecule has 0 saturated carbocycles. The summed E-state index contributed by atoms with van der Waals surface area (Å²) in [6.45, 7) is 4.93. The molecule has 0 aliphatic heterocycles. The molecule has 1 N–H and O–H groups in total. The number of amides is 1. The van der Waals surface area contributed by atoms with E-state index in [9.17, 15) is 18.0 Å². The van der Waals surface area contributed by atoms with E-state index < -0.39 is 12.8 Å². The molecule has 1 rings (SSSR count). The summed E-state index contributed by atoms with van der Waals surface area (Å²) in [6.07, 6.45) is -4.37. The minimum Gasteiger partial charge on any atom is -0.484 e. The lowest BCUT2D eigenvalue weighted by molar-refractivity contribution is -0.153. The number of ether oxygens (including phenoxy) is 1. The van der Waals surface area contributed by atoms with Gasteiger partial charge in [-0.1, -0.05) is 19.1 Å². The second kappa shape index (κ2) is 9.87. The number of alkyl halides is 3. The zero-order valence-electron chi connectivity index (χ0n) is 15.2. The normalized spacial score (nSPS) is 12.3. The van der Waals surface area contributed by atoms with E-state index in [2.05, 4.69) is 5.32 Å². The number of carbonyl (C=O) groups is 1. The van der Waals surface area contributed by atoms with Crippen LogP contribution in [0.4, 0.5) is 13.2 Å². The molecule has 0 bridgehead atoms. The summed E-state index contributed by atoms with van der Waals surface area (Å²) in [5.74, 6) is 0.113. The molecule has 0 aromatic heterocycles. The number of rotatable bonds is 7. The van der Waals surface area contributed by atoms with Gasteiger partial charge in [0.1, 0.15) is 5.75 Å². The van der Waals surface area contributed by atoms with Crippen LogP contribution in [0.2, 0.25) is 0 Å². The highest BCUT2D eigenvalue weighted by atomic mass is 35.5. The van der Waals surface area contributed by atoms with E-state index in [4.69, 9.17) is 4.74 Å². The van der Waals surface area contributed by atoms with Crippen LogP contribution >= 0.6 is 12.4 Å². The number of benzene rings is 1. The van der Waals surface area contributed by atoms with Gasteiger partial charge < -0.3 is 15.0 Å². The van der Waals surface area contributed by atoms with Crippen molar-refractivity contribution in [1.29, 1.82) is 0 Å². The summed E-state index contributed by atoms with van der Waals surface area (Å²) < 4.78 is 41.8. The monoisotopic (exact) mass is 382 g/mol. The second-order valence-corrected chi connectivity index (χ2v) is 6.12. The van der Waals surface area contributed by atoms with Crippen molar-refractivity contribution in [2.45, 2.75) is 33.5 Å². The molecule has 1 unspecified atom stereocenters. The predicted octanol–water partition coefficient (Wildman–Crippen LogP) is 3.48. The molecule has 8 heteroatoms. The maximum absolute atomic E-state index is 12.3. The number of aryl methyl sites for hydroxylation is 2. The third-order valence-corrected chi connectivity index (χ3v) is 3.63. The Morgan fingerprint density at radius 3 is 2.24 bits per heavy atom. The van der Waals surface area contributed by atoms with Crippen molar-refractivity contribution in [2.75, 3.05) is 27.2 Å². The highest BCUT2D eigenvalue weighted by Crippen LogP contribution is 2.27. The van der Waals surface area contributed by atoms with Gasteiger partial charge in [0.05, 0.1) is 0 Å². The van der Waals surface area contributed by atoms with E-state index in [1.54, 1.807) is 45.0 Å². The smallest absolute Gasteiger partial charge is 0.422 e. The van der Waals surface area contributed by atoms with Gasteiger partial charge in [-0.25, -0.2) is 0 Å². The van der Waals surface area contributed by atoms with Crippen molar-refractivity contribution in [1.82, 2.24) is 10.2 Å². The molecule has 4 nitrogen and oxygen atoms in total. The van der Waals surface area contributed by atoms with Crippen molar-refractivity contribution >= 4 is 18.3 Å². The molecular weight excluding hydrogens is 357 g/mol. The molecule has 0 aliphatic rings. The fraction of sp³-hybridized carbons (Fsp3) is 0.588. The summed E-state index contributed by atoms with van der Waals surface area (Å²) in [5, 5.41) is 2.96. The molecule has 25 heavy (non-hydrogen) atoms. The van der Waals surface area contributed by atoms with Gasteiger partial charge in [-0.05, 0) is 37.6 Å². The van der Waals surface area contributed by atoms with Crippen LogP contribution in [-0.2, 0) is 11.3 Å². The molecule has 0 spiro atoms. The Kier molecular flexibility index (Phi) is 9.29. The summed E-state index contributed by atoms with van der Waals surface area (Å²) in [5.41, 5.74) is 2.11. The van der Waals surface area contributed by atoms with Crippen molar-refractivity contribution in [3.05, 3.63) is 28.8 Å². The minimum atomic E-state index is -4.37. The molecule has 1 atom stereocenters. The minimum absolute atomic E-state index is 0. The quantitative estimate of drug-likeness (QED) is 0.785. The van der Waals surface area contributed by atoms with Gasteiger partial charge in [-0.15, -0.1) is 12.4 Å². The molecule has 144 valence electrons. The van der Waals surface area contributed by atoms with Gasteiger partial charge in [0.25, 0.3) is 0 Å². The number of hydrogen-bond acceptors (Lipinski definition) is 3. The fourth-order valence-electron chi connectivity index (χ4n) is 2.63. The SMILES string of the molecule is CNCC(C)C(=O)N(C)Cc1cc(C)c(OCC(F)(F)F)c(C)c1.Cl. The van der Waals surface area contributed by atoms with Crippen molar-refractivity contribution in [3.8, 4) is 5.75 Å².